The standard InChI is InChI=1S/C12H15NO3S/c1-16-9-4-2-8(3-5-9)11-10(14)12(15)13-6-7-17-11/h2-5,10-11,14H,6-7H2,1H3,(H,13,15)/t10-,11-/m0/s1. The Morgan fingerprint density at radius 3 is 2.76 bits per heavy atom. The molecule has 5 heteroatoms. The summed E-state index contributed by atoms with van der Waals surface area (Å²) in [6.07, 6.45) is -0.990. The third-order valence-corrected chi connectivity index (χ3v) is 4.03. The van der Waals surface area contributed by atoms with E-state index in [-0.39, 0.29) is 11.2 Å². The number of hydrogen-bond acceptors (Lipinski definition) is 4. The number of carbonyl (C=O) groups excluding carboxylic acids is 1. The molecule has 2 atom stereocenters. The van der Waals surface area contributed by atoms with Crippen molar-refractivity contribution < 1.29 is 14.6 Å². The molecule has 0 aromatic heterocycles. The number of thioether (sulfide) groups is 1. The van der Waals surface area contributed by atoms with Crippen LogP contribution in [-0.4, -0.2) is 36.5 Å². The molecule has 1 heterocycles. The van der Waals surface area contributed by atoms with Crippen LogP contribution in [0.15, 0.2) is 24.3 Å². The Bertz CT molecular complexity index is 393. The maximum absolute atomic E-state index is 11.5. The number of rotatable bonds is 2. The molecule has 2 N–H and O–H groups in total. The molecule has 0 spiro atoms. The third kappa shape index (κ3) is 2.73. The van der Waals surface area contributed by atoms with Gasteiger partial charge in [0.25, 0.3) is 0 Å². The molecule has 17 heavy (non-hydrogen) atoms. The highest BCUT2D eigenvalue weighted by Gasteiger charge is 2.29. The van der Waals surface area contributed by atoms with Gasteiger partial charge in [0.2, 0.25) is 5.91 Å². The molecule has 1 amide bonds. The van der Waals surface area contributed by atoms with E-state index in [1.54, 1.807) is 18.9 Å². The largest absolute Gasteiger partial charge is 0.497 e. The number of carbonyl (C=O) groups is 1. The number of aliphatic hydroxyl groups is 1. The highest BCUT2D eigenvalue weighted by Crippen LogP contribution is 2.34. The quantitative estimate of drug-likeness (QED) is 0.824. The van der Waals surface area contributed by atoms with E-state index in [2.05, 4.69) is 5.32 Å². The summed E-state index contributed by atoms with van der Waals surface area (Å²) in [5, 5.41) is 12.4. The number of aliphatic hydroxyl groups excluding tert-OH is 1. The fourth-order valence-electron chi connectivity index (χ4n) is 1.77. The van der Waals surface area contributed by atoms with E-state index < -0.39 is 6.10 Å². The lowest BCUT2D eigenvalue weighted by molar-refractivity contribution is -0.129. The minimum absolute atomic E-state index is 0.205. The molecule has 1 aromatic rings. The van der Waals surface area contributed by atoms with Crippen molar-refractivity contribution in [1.82, 2.24) is 5.32 Å². The first kappa shape index (κ1) is 12.3. The van der Waals surface area contributed by atoms with Crippen molar-refractivity contribution in [2.24, 2.45) is 0 Å². The second kappa shape index (κ2) is 5.42. The van der Waals surface area contributed by atoms with E-state index in [1.807, 2.05) is 24.3 Å². The van der Waals surface area contributed by atoms with Crippen molar-refractivity contribution in [1.29, 1.82) is 0 Å². The van der Waals surface area contributed by atoms with Crippen LogP contribution in [0.4, 0.5) is 0 Å². The van der Waals surface area contributed by atoms with Gasteiger partial charge in [-0.05, 0) is 17.7 Å². The van der Waals surface area contributed by atoms with Crippen molar-refractivity contribution in [3.63, 3.8) is 0 Å². The van der Waals surface area contributed by atoms with Crippen LogP contribution in [0.1, 0.15) is 10.8 Å². The first-order valence-corrected chi connectivity index (χ1v) is 6.48. The van der Waals surface area contributed by atoms with Gasteiger partial charge in [-0.3, -0.25) is 4.79 Å². The van der Waals surface area contributed by atoms with Gasteiger partial charge in [-0.15, -0.1) is 11.8 Å². The summed E-state index contributed by atoms with van der Waals surface area (Å²) in [6.45, 7) is 0.604. The van der Waals surface area contributed by atoms with Crippen molar-refractivity contribution in [3.8, 4) is 5.75 Å². The highest BCUT2D eigenvalue weighted by molar-refractivity contribution is 7.99. The maximum atomic E-state index is 11.5. The zero-order valence-corrected chi connectivity index (χ0v) is 10.4. The van der Waals surface area contributed by atoms with E-state index in [9.17, 15) is 9.90 Å². The molecule has 1 aromatic carbocycles. The summed E-state index contributed by atoms with van der Waals surface area (Å²) in [7, 11) is 1.61. The molecule has 0 bridgehead atoms. The van der Waals surface area contributed by atoms with Crippen LogP contribution in [0.25, 0.3) is 0 Å². The van der Waals surface area contributed by atoms with Gasteiger partial charge < -0.3 is 15.2 Å². The third-order valence-electron chi connectivity index (χ3n) is 2.70. The molecular weight excluding hydrogens is 238 g/mol. The molecule has 1 aliphatic heterocycles. The fraction of sp³-hybridized carbons (Fsp3) is 0.417. The molecular formula is C12H15NO3S. The monoisotopic (exact) mass is 253 g/mol. The van der Waals surface area contributed by atoms with Crippen LogP contribution in [-0.2, 0) is 4.79 Å². The van der Waals surface area contributed by atoms with Crippen molar-refractivity contribution >= 4 is 17.7 Å². The number of amides is 1. The van der Waals surface area contributed by atoms with E-state index in [0.29, 0.717) is 6.54 Å². The Hall–Kier alpha value is -1.20. The summed E-state index contributed by atoms with van der Waals surface area (Å²) in [5.74, 6) is 1.28. The summed E-state index contributed by atoms with van der Waals surface area (Å²) < 4.78 is 5.08. The zero-order chi connectivity index (χ0) is 12.3. The van der Waals surface area contributed by atoms with Gasteiger partial charge in [-0.1, -0.05) is 12.1 Å². The molecule has 0 radical (unpaired) electrons. The highest BCUT2D eigenvalue weighted by atomic mass is 32.2. The van der Waals surface area contributed by atoms with Gasteiger partial charge in [0, 0.05) is 12.3 Å². The Kier molecular flexibility index (Phi) is 3.91. The molecule has 1 aliphatic rings. The lowest BCUT2D eigenvalue weighted by Gasteiger charge is -2.18. The predicted octanol–water partition coefficient (Wildman–Crippen LogP) is 0.960. The lowest BCUT2D eigenvalue weighted by Crippen LogP contribution is -2.35. The second-order valence-electron chi connectivity index (χ2n) is 3.80. The number of benzene rings is 1. The first-order chi connectivity index (χ1) is 8.22. The Labute approximate surface area is 104 Å². The van der Waals surface area contributed by atoms with E-state index in [4.69, 9.17) is 4.74 Å². The lowest BCUT2D eigenvalue weighted by atomic mass is 10.1. The average Bonchev–Trinajstić information content (AvgIpc) is 2.53. The topological polar surface area (TPSA) is 58.6 Å². The van der Waals surface area contributed by atoms with Crippen molar-refractivity contribution in [2.45, 2.75) is 11.4 Å². The summed E-state index contributed by atoms with van der Waals surface area (Å²) in [6, 6.07) is 7.45. The Morgan fingerprint density at radius 2 is 2.12 bits per heavy atom. The molecule has 1 fully saturated rings. The smallest absolute Gasteiger partial charge is 0.250 e. The van der Waals surface area contributed by atoms with Crippen molar-refractivity contribution in [3.05, 3.63) is 29.8 Å². The minimum Gasteiger partial charge on any atom is -0.497 e. The number of ether oxygens (including phenoxy) is 1. The van der Waals surface area contributed by atoms with Crippen LogP contribution in [0, 0.1) is 0 Å². The summed E-state index contributed by atoms with van der Waals surface area (Å²) in [5.41, 5.74) is 0.945. The summed E-state index contributed by atoms with van der Waals surface area (Å²) in [4.78, 5) is 11.5. The molecule has 4 nitrogen and oxygen atoms in total. The first-order valence-electron chi connectivity index (χ1n) is 5.43. The van der Waals surface area contributed by atoms with Crippen molar-refractivity contribution in [2.75, 3.05) is 19.4 Å². The average molecular weight is 253 g/mol. The number of hydrogen-bond donors (Lipinski definition) is 2. The second-order valence-corrected chi connectivity index (χ2v) is 5.05. The van der Waals surface area contributed by atoms with E-state index in [0.717, 1.165) is 17.1 Å². The van der Waals surface area contributed by atoms with E-state index in [1.165, 1.54) is 0 Å². The van der Waals surface area contributed by atoms with Crippen LogP contribution in [0.3, 0.4) is 0 Å². The normalized spacial score (nSPS) is 24.9. The predicted molar refractivity (Wildman–Crippen MR) is 67.2 cm³/mol. The number of methoxy groups -OCH3 is 1. The van der Waals surface area contributed by atoms with Gasteiger partial charge >= 0.3 is 0 Å². The minimum atomic E-state index is -0.990. The van der Waals surface area contributed by atoms with E-state index >= 15 is 0 Å². The SMILES string of the molecule is COc1ccc([C@@H]2SCCNC(=O)[C@H]2O)cc1. The van der Waals surface area contributed by atoms with Crippen LogP contribution < -0.4 is 10.1 Å². The molecule has 2 rings (SSSR count). The van der Waals surface area contributed by atoms with Crippen LogP contribution >= 0.6 is 11.8 Å². The van der Waals surface area contributed by atoms with Gasteiger partial charge in [0.15, 0.2) is 0 Å². The van der Waals surface area contributed by atoms with Gasteiger partial charge in [-0.25, -0.2) is 0 Å². The zero-order valence-electron chi connectivity index (χ0n) is 9.55. The molecule has 92 valence electrons. The van der Waals surface area contributed by atoms with Crippen LogP contribution in [0.2, 0.25) is 0 Å². The fourth-order valence-corrected chi connectivity index (χ4v) is 2.89. The van der Waals surface area contributed by atoms with Gasteiger partial charge in [0.05, 0.1) is 12.4 Å². The molecule has 0 aliphatic carbocycles. The number of nitrogens with one attached hydrogen (secondary N) is 1. The molecule has 0 saturated carbocycles. The molecule has 0 unspecified atom stereocenters. The van der Waals surface area contributed by atoms with Crippen LogP contribution in [0.5, 0.6) is 5.75 Å². The Balaban J connectivity index is 2.20. The maximum Gasteiger partial charge on any atom is 0.250 e. The Morgan fingerprint density at radius 1 is 1.41 bits per heavy atom. The molecule has 1 saturated heterocycles. The van der Waals surface area contributed by atoms with Gasteiger partial charge in [-0.2, -0.15) is 0 Å². The summed E-state index contributed by atoms with van der Waals surface area (Å²) >= 11 is 1.59. The van der Waals surface area contributed by atoms with Gasteiger partial charge in [0.1, 0.15) is 11.9 Å².